The molecule has 1 atom stereocenters. The van der Waals surface area contributed by atoms with Crippen LogP contribution in [0.25, 0.3) is 0 Å². The van der Waals surface area contributed by atoms with Crippen molar-refractivity contribution in [2.75, 3.05) is 13.6 Å². The van der Waals surface area contributed by atoms with Crippen LogP contribution in [0, 0.1) is 11.3 Å². The molecular weight excluding hydrogens is 232 g/mol. The summed E-state index contributed by atoms with van der Waals surface area (Å²) in [6, 6.07) is -1.17. The normalized spacial score (nSPS) is 17.8. The van der Waals surface area contributed by atoms with Gasteiger partial charge in [-0.15, -0.1) is 0 Å². The fourth-order valence-corrected chi connectivity index (χ4v) is 2.03. The van der Waals surface area contributed by atoms with Crippen molar-refractivity contribution < 1.29 is 14.7 Å². The van der Waals surface area contributed by atoms with Gasteiger partial charge in [0, 0.05) is 13.6 Å². The van der Waals surface area contributed by atoms with Crippen LogP contribution in [0.1, 0.15) is 40.0 Å². The van der Waals surface area contributed by atoms with Crippen molar-refractivity contribution in [1.82, 2.24) is 10.2 Å². The number of nitrogens with one attached hydrogen (secondary N) is 1. The highest BCUT2D eigenvalue weighted by Crippen LogP contribution is 2.27. The van der Waals surface area contributed by atoms with E-state index in [-0.39, 0.29) is 6.03 Å². The molecule has 1 rings (SSSR count). The molecule has 1 saturated carbocycles. The van der Waals surface area contributed by atoms with E-state index in [9.17, 15) is 9.59 Å². The van der Waals surface area contributed by atoms with E-state index in [0.717, 1.165) is 0 Å². The lowest BCUT2D eigenvalue weighted by molar-refractivity contribution is -0.142. The minimum Gasteiger partial charge on any atom is -0.480 e. The molecule has 0 heterocycles. The number of nitrogens with zero attached hydrogens (tertiary/aromatic N) is 1. The van der Waals surface area contributed by atoms with Gasteiger partial charge in [-0.3, -0.25) is 0 Å². The Morgan fingerprint density at radius 3 is 2.28 bits per heavy atom. The first-order chi connectivity index (χ1) is 8.21. The van der Waals surface area contributed by atoms with Gasteiger partial charge in [0.15, 0.2) is 0 Å². The summed E-state index contributed by atoms with van der Waals surface area (Å²) in [6.45, 7) is 6.12. The monoisotopic (exact) mass is 256 g/mol. The molecule has 2 amide bonds. The first kappa shape index (κ1) is 14.8. The second kappa shape index (κ2) is 5.59. The number of amides is 2. The quantitative estimate of drug-likeness (QED) is 0.807. The molecule has 0 aliphatic heterocycles. The zero-order valence-electron chi connectivity index (χ0n) is 11.7. The number of urea groups is 1. The number of carbonyl (C=O) groups excluding carboxylic acids is 1. The van der Waals surface area contributed by atoms with E-state index in [1.165, 1.54) is 19.3 Å². The SMILES string of the molecule is CN(CC1CCC1)C(=O)N[C@H](C(=O)O)C(C)(C)C. The van der Waals surface area contributed by atoms with Crippen molar-refractivity contribution in [3.63, 3.8) is 0 Å². The molecule has 0 aromatic carbocycles. The second-order valence-corrected chi connectivity index (χ2v) is 6.26. The molecule has 0 radical (unpaired) electrons. The van der Waals surface area contributed by atoms with E-state index in [4.69, 9.17) is 5.11 Å². The minimum atomic E-state index is -0.993. The van der Waals surface area contributed by atoms with Crippen LogP contribution in [0.5, 0.6) is 0 Å². The zero-order valence-corrected chi connectivity index (χ0v) is 11.7. The van der Waals surface area contributed by atoms with Crippen LogP contribution in [-0.2, 0) is 4.79 Å². The van der Waals surface area contributed by atoms with Gasteiger partial charge in [0.25, 0.3) is 0 Å². The van der Waals surface area contributed by atoms with E-state index in [2.05, 4.69) is 5.32 Å². The lowest BCUT2D eigenvalue weighted by atomic mass is 9.85. The Balaban J connectivity index is 2.52. The van der Waals surface area contributed by atoms with Gasteiger partial charge in [-0.05, 0) is 24.2 Å². The Morgan fingerprint density at radius 2 is 1.94 bits per heavy atom. The Hall–Kier alpha value is -1.26. The highest BCUT2D eigenvalue weighted by Gasteiger charge is 2.33. The van der Waals surface area contributed by atoms with Gasteiger partial charge in [0.1, 0.15) is 6.04 Å². The summed E-state index contributed by atoms with van der Waals surface area (Å²) in [5.41, 5.74) is -0.501. The molecular formula is C13H24N2O3. The smallest absolute Gasteiger partial charge is 0.326 e. The third-order valence-corrected chi connectivity index (χ3v) is 3.48. The maximum absolute atomic E-state index is 11.9. The predicted molar refractivity (Wildman–Crippen MR) is 69.4 cm³/mol. The molecule has 0 bridgehead atoms. The Bertz CT molecular complexity index is 319. The molecule has 1 aliphatic carbocycles. The summed E-state index contributed by atoms with van der Waals surface area (Å²) in [4.78, 5) is 24.7. The van der Waals surface area contributed by atoms with Crippen LogP contribution in [0.4, 0.5) is 4.79 Å². The average Bonchev–Trinajstić information content (AvgIpc) is 2.16. The van der Waals surface area contributed by atoms with E-state index >= 15 is 0 Å². The lowest BCUT2D eigenvalue weighted by Gasteiger charge is -2.33. The fourth-order valence-electron chi connectivity index (χ4n) is 2.03. The standard InChI is InChI=1S/C13H24N2O3/c1-13(2,3)10(11(16)17)14-12(18)15(4)8-9-6-5-7-9/h9-10H,5-8H2,1-4H3,(H,14,18)(H,16,17)/t10-/m1/s1. The van der Waals surface area contributed by atoms with Gasteiger partial charge in [0.05, 0.1) is 0 Å². The fraction of sp³-hybridized carbons (Fsp3) is 0.846. The molecule has 5 nitrogen and oxygen atoms in total. The third-order valence-electron chi connectivity index (χ3n) is 3.48. The largest absolute Gasteiger partial charge is 0.480 e. The van der Waals surface area contributed by atoms with Gasteiger partial charge < -0.3 is 15.3 Å². The summed E-state index contributed by atoms with van der Waals surface area (Å²) in [5, 5.41) is 11.7. The van der Waals surface area contributed by atoms with E-state index in [1.54, 1.807) is 32.7 Å². The van der Waals surface area contributed by atoms with Crippen LogP contribution in [-0.4, -0.2) is 41.6 Å². The Labute approximate surface area is 109 Å². The molecule has 0 aromatic heterocycles. The zero-order chi connectivity index (χ0) is 13.9. The summed E-state index contributed by atoms with van der Waals surface area (Å²) in [7, 11) is 1.72. The van der Waals surface area contributed by atoms with Gasteiger partial charge >= 0.3 is 12.0 Å². The minimum absolute atomic E-state index is 0.302. The summed E-state index contributed by atoms with van der Waals surface area (Å²) < 4.78 is 0. The van der Waals surface area contributed by atoms with E-state index in [1.807, 2.05) is 0 Å². The van der Waals surface area contributed by atoms with Crippen molar-refractivity contribution in [2.45, 2.75) is 46.1 Å². The average molecular weight is 256 g/mol. The first-order valence-electron chi connectivity index (χ1n) is 6.46. The first-order valence-corrected chi connectivity index (χ1v) is 6.46. The van der Waals surface area contributed by atoms with Gasteiger partial charge in [0.2, 0.25) is 0 Å². The number of hydrogen-bond acceptors (Lipinski definition) is 2. The van der Waals surface area contributed by atoms with Crippen LogP contribution >= 0.6 is 0 Å². The highest BCUT2D eigenvalue weighted by atomic mass is 16.4. The predicted octanol–water partition coefficient (Wildman–Crippen LogP) is 1.93. The number of hydrogen-bond donors (Lipinski definition) is 2. The molecule has 1 fully saturated rings. The van der Waals surface area contributed by atoms with E-state index in [0.29, 0.717) is 12.5 Å². The summed E-state index contributed by atoms with van der Waals surface area (Å²) >= 11 is 0. The molecule has 104 valence electrons. The number of carboxylic acids is 1. The van der Waals surface area contributed by atoms with Crippen LogP contribution in [0.15, 0.2) is 0 Å². The number of aliphatic carboxylic acids is 1. The second-order valence-electron chi connectivity index (χ2n) is 6.26. The van der Waals surface area contributed by atoms with Crippen molar-refractivity contribution in [1.29, 1.82) is 0 Å². The van der Waals surface area contributed by atoms with Crippen LogP contribution in [0.2, 0.25) is 0 Å². The molecule has 0 aromatic rings. The van der Waals surface area contributed by atoms with Gasteiger partial charge in [-0.25, -0.2) is 9.59 Å². The van der Waals surface area contributed by atoms with Crippen molar-refractivity contribution in [3.8, 4) is 0 Å². The van der Waals surface area contributed by atoms with Crippen LogP contribution < -0.4 is 5.32 Å². The molecule has 5 heteroatoms. The summed E-state index contributed by atoms with van der Waals surface area (Å²) in [6.07, 6.45) is 3.57. The highest BCUT2D eigenvalue weighted by molar-refractivity contribution is 5.83. The molecule has 1 aliphatic rings. The van der Waals surface area contributed by atoms with Gasteiger partial charge in [-0.1, -0.05) is 27.2 Å². The summed E-state index contributed by atoms with van der Waals surface area (Å²) in [5.74, 6) is -0.411. The topological polar surface area (TPSA) is 69.6 Å². The molecule has 0 spiro atoms. The van der Waals surface area contributed by atoms with Crippen molar-refractivity contribution in [2.24, 2.45) is 11.3 Å². The maximum Gasteiger partial charge on any atom is 0.326 e. The van der Waals surface area contributed by atoms with E-state index < -0.39 is 17.4 Å². The molecule has 0 saturated heterocycles. The van der Waals surface area contributed by atoms with Crippen molar-refractivity contribution in [3.05, 3.63) is 0 Å². The van der Waals surface area contributed by atoms with Crippen molar-refractivity contribution >= 4 is 12.0 Å². The Kier molecular flexibility index (Phi) is 4.59. The van der Waals surface area contributed by atoms with Gasteiger partial charge in [-0.2, -0.15) is 0 Å². The number of carbonyl (C=O) groups is 2. The third kappa shape index (κ3) is 3.89. The lowest BCUT2D eigenvalue weighted by Crippen LogP contribution is -2.53. The maximum atomic E-state index is 11.9. The molecule has 18 heavy (non-hydrogen) atoms. The number of carboxylic acid groups (broad SMARTS) is 1. The molecule has 0 unspecified atom stereocenters. The van der Waals surface area contributed by atoms with Crippen LogP contribution in [0.3, 0.4) is 0 Å². The molecule has 2 N–H and O–H groups in total. The Morgan fingerprint density at radius 1 is 1.39 bits per heavy atom. The number of rotatable bonds is 4.